The Balaban J connectivity index is 1.69. The van der Waals surface area contributed by atoms with Gasteiger partial charge in [-0.05, 0) is 59.0 Å². The van der Waals surface area contributed by atoms with Crippen molar-refractivity contribution < 1.29 is 24.9 Å². The monoisotopic (exact) mass is 414 g/mol. The fraction of sp³-hybridized carbons (Fsp3) is 0.348. The normalized spacial score (nSPS) is 18.8. The highest BCUT2D eigenvalue weighted by Crippen LogP contribution is 2.50. The number of hydrogen-bond donors (Lipinski definition) is 3. The lowest BCUT2D eigenvalue weighted by atomic mass is 9.68. The molecule has 29 heavy (non-hydrogen) atoms. The Hall–Kier alpha value is -2.18. The van der Waals surface area contributed by atoms with E-state index in [9.17, 15) is 15.0 Å². The van der Waals surface area contributed by atoms with Gasteiger partial charge in [0.15, 0.2) is 5.78 Å². The summed E-state index contributed by atoms with van der Waals surface area (Å²) in [5.74, 6) is 0.481. The van der Waals surface area contributed by atoms with Crippen LogP contribution in [0.4, 0.5) is 0 Å². The number of ketones is 1. The highest BCUT2D eigenvalue weighted by molar-refractivity contribution is 6.34. The number of carbonyl (C=O) groups excluding carboxylic acids is 1. The van der Waals surface area contributed by atoms with Gasteiger partial charge in [-0.2, -0.15) is 0 Å². The van der Waals surface area contributed by atoms with Crippen LogP contribution in [0.25, 0.3) is 5.57 Å². The molecule has 0 bridgehead atoms. The van der Waals surface area contributed by atoms with Crippen molar-refractivity contribution in [3.63, 3.8) is 0 Å². The van der Waals surface area contributed by atoms with E-state index in [1.54, 1.807) is 12.1 Å². The van der Waals surface area contributed by atoms with Gasteiger partial charge in [-0.15, -0.1) is 0 Å². The maximum Gasteiger partial charge on any atom is 0.193 e. The van der Waals surface area contributed by atoms with Gasteiger partial charge in [0.25, 0.3) is 0 Å². The number of aliphatic hydroxyl groups is 3. The number of ether oxygens (including phenoxy) is 1. The van der Waals surface area contributed by atoms with Gasteiger partial charge >= 0.3 is 0 Å². The number of Topliss-reactive ketones (excluding diaryl/α,β-unsaturated/α-hetero) is 1. The van der Waals surface area contributed by atoms with Crippen molar-refractivity contribution in [3.05, 3.63) is 69.2 Å². The summed E-state index contributed by atoms with van der Waals surface area (Å²) in [5, 5.41) is 28.8. The van der Waals surface area contributed by atoms with Crippen LogP contribution in [0.3, 0.4) is 0 Å². The van der Waals surface area contributed by atoms with Crippen LogP contribution in [-0.2, 0) is 11.8 Å². The Kier molecular flexibility index (Phi) is 5.03. The first-order chi connectivity index (χ1) is 13.7. The standard InChI is InChI=1S/C23H23ClO5/c1-23(2)17-9-14(29-11-20(27)19(26)10-25)5-6-15(17)22(28)21-16-8-13(24)4-3-12(16)7-18(21)23/h3-6,8-9,19-20,25-27H,7,10-11H2,1-2H3/t19-,20-/m1/s1. The van der Waals surface area contributed by atoms with E-state index in [4.69, 9.17) is 21.4 Å². The predicted octanol–water partition coefficient (Wildman–Crippen LogP) is 2.92. The average molecular weight is 415 g/mol. The van der Waals surface area contributed by atoms with Gasteiger partial charge < -0.3 is 20.1 Å². The Labute approximate surface area is 174 Å². The van der Waals surface area contributed by atoms with Gasteiger partial charge in [0.1, 0.15) is 24.6 Å². The Bertz CT molecular complexity index is 1020. The summed E-state index contributed by atoms with van der Waals surface area (Å²) >= 11 is 6.18. The molecular formula is C23H23ClO5. The third-order valence-electron chi connectivity index (χ3n) is 5.95. The maximum absolute atomic E-state index is 13.3. The maximum atomic E-state index is 13.3. The highest BCUT2D eigenvalue weighted by Gasteiger charge is 2.42. The number of allylic oxidation sites excluding steroid dienone is 2. The molecule has 0 heterocycles. The third-order valence-corrected chi connectivity index (χ3v) is 6.19. The number of halogens is 1. The van der Waals surface area contributed by atoms with Crippen LogP contribution in [0.1, 0.15) is 40.9 Å². The second-order valence-corrected chi connectivity index (χ2v) is 8.56. The molecule has 152 valence electrons. The molecule has 2 atom stereocenters. The van der Waals surface area contributed by atoms with Gasteiger partial charge in [-0.25, -0.2) is 0 Å². The Morgan fingerprint density at radius 1 is 1.10 bits per heavy atom. The predicted molar refractivity (Wildman–Crippen MR) is 110 cm³/mol. The molecule has 0 saturated carbocycles. The molecule has 0 aromatic heterocycles. The van der Waals surface area contributed by atoms with E-state index in [-0.39, 0.29) is 17.8 Å². The number of fused-ring (bicyclic) bond motifs is 3. The molecule has 2 aliphatic rings. The van der Waals surface area contributed by atoms with Crippen LogP contribution in [0.2, 0.25) is 5.02 Å². The van der Waals surface area contributed by atoms with E-state index in [1.165, 1.54) is 0 Å². The largest absolute Gasteiger partial charge is 0.491 e. The van der Waals surface area contributed by atoms with E-state index < -0.39 is 18.8 Å². The lowest BCUT2D eigenvalue weighted by molar-refractivity contribution is -0.0339. The van der Waals surface area contributed by atoms with Gasteiger partial charge in [-0.1, -0.05) is 31.5 Å². The van der Waals surface area contributed by atoms with Crippen molar-refractivity contribution in [1.82, 2.24) is 0 Å². The first kappa shape index (κ1) is 20.1. The average Bonchev–Trinajstić information content (AvgIpc) is 3.09. The Morgan fingerprint density at radius 3 is 2.59 bits per heavy atom. The third kappa shape index (κ3) is 3.28. The molecule has 2 aromatic rings. The van der Waals surface area contributed by atoms with Crippen LogP contribution in [0.5, 0.6) is 5.75 Å². The summed E-state index contributed by atoms with van der Waals surface area (Å²) in [6.07, 6.45) is -1.76. The second kappa shape index (κ2) is 7.26. The van der Waals surface area contributed by atoms with Crippen molar-refractivity contribution >= 4 is 23.0 Å². The molecular weight excluding hydrogens is 392 g/mol. The lowest BCUT2D eigenvalue weighted by Crippen LogP contribution is -2.34. The van der Waals surface area contributed by atoms with Crippen LogP contribution in [0, 0.1) is 0 Å². The van der Waals surface area contributed by atoms with E-state index in [2.05, 4.69) is 13.8 Å². The minimum absolute atomic E-state index is 0.0161. The molecule has 0 unspecified atom stereocenters. The van der Waals surface area contributed by atoms with Gasteiger partial charge in [-0.3, -0.25) is 4.79 Å². The summed E-state index contributed by atoms with van der Waals surface area (Å²) in [6, 6.07) is 10.9. The zero-order valence-electron chi connectivity index (χ0n) is 16.3. The topological polar surface area (TPSA) is 87.0 Å². The molecule has 5 nitrogen and oxygen atoms in total. The molecule has 0 amide bonds. The van der Waals surface area contributed by atoms with Crippen molar-refractivity contribution in [3.8, 4) is 5.75 Å². The smallest absolute Gasteiger partial charge is 0.193 e. The van der Waals surface area contributed by atoms with E-state index >= 15 is 0 Å². The molecule has 6 heteroatoms. The van der Waals surface area contributed by atoms with Crippen molar-refractivity contribution in [2.45, 2.75) is 37.9 Å². The van der Waals surface area contributed by atoms with Crippen LogP contribution in [-0.4, -0.2) is 46.5 Å². The number of rotatable bonds is 5. The number of hydrogen-bond acceptors (Lipinski definition) is 5. The number of carbonyl (C=O) groups is 1. The molecule has 4 rings (SSSR count). The molecule has 0 radical (unpaired) electrons. The van der Waals surface area contributed by atoms with Crippen molar-refractivity contribution in [2.24, 2.45) is 0 Å². The zero-order valence-corrected chi connectivity index (χ0v) is 17.0. The van der Waals surface area contributed by atoms with Crippen molar-refractivity contribution in [1.29, 1.82) is 0 Å². The second-order valence-electron chi connectivity index (χ2n) is 8.12. The minimum Gasteiger partial charge on any atom is -0.491 e. The fourth-order valence-electron chi connectivity index (χ4n) is 4.21. The van der Waals surface area contributed by atoms with Crippen LogP contribution in [0.15, 0.2) is 42.0 Å². The number of aliphatic hydroxyl groups excluding tert-OH is 3. The van der Waals surface area contributed by atoms with Gasteiger partial charge in [0.05, 0.1) is 6.61 Å². The quantitative estimate of drug-likeness (QED) is 0.700. The first-order valence-electron chi connectivity index (χ1n) is 9.55. The van der Waals surface area contributed by atoms with Gasteiger partial charge in [0.2, 0.25) is 0 Å². The van der Waals surface area contributed by atoms with E-state index in [0.29, 0.717) is 22.8 Å². The molecule has 0 saturated heterocycles. The lowest BCUT2D eigenvalue weighted by Gasteiger charge is -2.34. The van der Waals surface area contributed by atoms with E-state index in [0.717, 1.165) is 27.8 Å². The highest BCUT2D eigenvalue weighted by atomic mass is 35.5. The summed E-state index contributed by atoms with van der Waals surface area (Å²) < 4.78 is 5.61. The first-order valence-corrected chi connectivity index (χ1v) is 9.93. The minimum atomic E-state index is -1.26. The van der Waals surface area contributed by atoms with Crippen LogP contribution >= 0.6 is 11.6 Å². The molecule has 2 aliphatic carbocycles. The number of benzene rings is 2. The van der Waals surface area contributed by atoms with Crippen molar-refractivity contribution in [2.75, 3.05) is 13.2 Å². The molecule has 0 aliphatic heterocycles. The molecule has 0 spiro atoms. The Morgan fingerprint density at radius 2 is 1.86 bits per heavy atom. The molecule has 0 fully saturated rings. The molecule has 3 N–H and O–H groups in total. The fourth-order valence-corrected chi connectivity index (χ4v) is 4.38. The van der Waals surface area contributed by atoms with E-state index in [1.807, 2.05) is 24.3 Å². The van der Waals surface area contributed by atoms with Crippen LogP contribution < -0.4 is 4.74 Å². The molecule has 2 aromatic carbocycles. The SMILES string of the molecule is CC1(C)C2=C(C(=O)c3ccc(OC[C@@H](O)[C@H](O)CO)cc31)c1cc(Cl)ccc1C2. The summed E-state index contributed by atoms with van der Waals surface area (Å²) in [5.41, 5.74) is 4.95. The van der Waals surface area contributed by atoms with Gasteiger partial charge in [0, 0.05) is 21.6 Å². The summed E-state index contributed by atoms with van der Waals surface area (Å²) in [4.78, 5) is 13.3. The zero-order chi connectivity index (χ0) is 20.9. The summed E-state index contributed by atoms with van der Waals surface area (Å²) in [7, 11) is 0. The summed E-state index contributed by atoms with van der Waals surface area (Å²) in [6.45, 7) is 3.48.